The van der Waals surface area contributed by atoms with Crippen molar-refractivity contribution >= 4 is 50.3 Å². The van der Waals surface area contributed by atoms with Gasteiger partial charge in [-0.05, 0) is 48.9 Å². The van der Waals surface area contributed by atoms with Gasteiger partial charge >= 0.3 is 5.97 Å². The molecular formula is C21H16ClNO5S2. The van der Waals surface area contributed by atoms with Gasteiger partial charge in [0.15, 0.2) is 9.84 Å². The zero-order valence-electron chi connectivity index (χ0n) is 15.8. The van der Waals surface area contributed by atoms with E-state index in [9.17, 15) is 18.0 Å². The normalized spacial score (nSPS) is 13.8. The van der Waals surface area contributed by atoms with Crippen LogP contribution in [0.2, 0.25) is 5.02 Å². The number of fused-ring (bicyclic) bond motifs is 3. The Hall–Kier alpha value is -2.68. The molecule has 1 aromatic heterocycles. The molecule has 6 nitrogen and oxygen atoms in total. The van der Waals surface area contributed by atoms with Gasteiger partial charge < -0.3 is 10.1 Å². The van der Waals surface area contributed by atoms with Crippen molar-refractivity contribution in [3.05, 3.63) is 69.6 Å². The summed E-state index contributed by atoms with van der Waals surface area (Å²) in [6, 6.07) is 12.8. The maximum Gasteiger partial charge on any atom is 0.338 e. The molecule has 2 heterocycles. The molecule has 2 aromatic carbocycles. The number of benzene rings is 2. The third-order valence-electron chi connectivity index (χ3n) is 4.53. The van der Waals surface area contributed by atoms with Crippen LogP contribution in [0, 0.1) is 0 Å². The molecule has 0 radical (unpaired) electrons. The van der Waals surface area contributed by atoms with E-state index in [4.69, 9.17) is 16.3 Å². The maximum atomic E-state index is 12.8. The van der Waals surface area contributed by atoms with Crippen LogP contribution in [0.25, 0.3) is 10.4 Å². The molecule has 9 heteroatoms. The Morgan fingerprint density at radius 1 is 1.17 bits per heavy atom. The van der Waals surface area contributed by atoms with Gasteiger partial charge in [0, 0.05) is 21.2 Å². The number of amides is 1. The van der Waals surface area contributed by atoms with E-state index in [1.165, 1.54) is 23.5 Å². The second kappa shape index (κ2) is 7.86. The Bertz CT molecular complexity index is 1280. The summed E-state index contributed by atoms with van der Waals surface area (Å²) in [5.41, 5.74) is 1.91. The van der Waals surface area contributed by atoms with Crippen molar-refractivity contribution in [1.82, 2.24) is 0 Å². The molecule has 0 fully saturated rings. The summed E-state index contributed by atoms with van der Waals surface area (Å²) in [4.78, 5) is 26.0. The SMILES string of the molecule is CCOC(=O)c1cccc(NC(=O)c2cc3c(s2)-c2ccc(Cl)cc2S(=O)(=O)C3)c1. The quantitative estimate of drug-likeness (QED) is 0.564. The van der Waals surface area contributed by atoms with Gasteiger partial charge in [-0.25, -0.2) is 13.2 Å². The summed E-state index contributed by atoms with van der Waals surface area (Å²) in [5, 5.41) is 3.10. The summed E-state index contributed by atoms with van der Waals surface area (Å²) >= 11 is 7.19. The Kier molecular flexibility index (Phi) is 5.40. The number of rotatable bonds is 4. The van der Waals surface area contributed by atoms with E-state index < -0.39 is 15.8 Å². The summed E-state index contributed by atoms with van der Waals surface area (Å²) in [6.07, 6.45) is 0. The fourth-order valence-electron chi connectivity index (χ4n) is 3.23. The van der Waals surface area contributed by atoms with E-state index in [0.29, 0.717) is 32.3 Å². The standard InChI is InChI=1S/C21H16ClNO5S2/c1-2-28-21(25)12-4-3-5-15(8-12)23-20(24)17-9-13-11-30(26,27)18-10-14(22)6-7-16(18)19(13)29-17/h3-10H,2,11H2,1H3,(H,23,24). The van der Waals surface area contributed by atoms with E-state index >= 15 is 0 Å². The highest BCUT2D eigenvalue weighted by Crippen LogP contribution is 2.43. The molecule has 0 unspecified atom stereocenters. The zero-order chi connectivity index (χ0) is 21.5. The van der Waals surface area contributed by atoms with Crippen LogP contribution in [0.3, 0.4) is 0 Å². The molecule has 1 aliphatic rings. The third kappa shape index (κ3) is 3.86. The molecule has 0 bridgehead atoms. The molecule has 1 amide bonds. The van der Waals surface area contributed by atoms with Gasteiger partial charge in [0.25, 0.3) is 5.91 Å². The fourth-order valence-corrected chi connectivity index (χ4v) is 6.34. The van der Waals surface area contributed by atoms with Crippen molar-refractivity contribution < 1.29 is 22.7 Å². The molecule has 0 spiro atoms. The Morgan fingerprint density at radius 2 is 1.97 bits per heavy atom. The molecule has 30 heavy (non-hydrogen) atoms. The van der Waals surface area contributed by atoms with Crippen LogP contribution in [0.1, 0.15) is 32.5 Å². The molecule has 1 N–H and O–H groups in total. The summed E-state index contributed by atoms with van der Waals surface area (Å²) in [7, 11) is -3.53. The largest absolute Gasteiger partial charge is 0.462 e. The fraction of sp³-hybridized carbons (Fsp3) is 0.143. The van der Waals surface area contributed by atoms with E-state index in [0.717, 1.165) is 4.88 Å². The Labute approximate surface area is 182 Å². The molecular weight excluding hydrogens is 446 g/mol. The highest BCUT2D eigenvalue weighted by Gasteiger charge is 2.31. The number of sulfone groups is 1. The number of hydrogen-bond acceptors (Lipinski definition) is 6. The van der Waals surface area contributed by atoms with Crippen LogP contribution in [0.4, 0.5) is 5.69 Å². The topological polar surface area (TPSA) is 89.5 Å². The van der Waals surface area contributed by atoms with Crippen molar-refractivity contribution in [3.63, 3.8) is 0 Å². The maximum absolute atomic E-state index is 12.8. The average molecular weight is 462 g/mol. The van der Waals surface area contributed by atoms with Crippen LogP contribution >= 0.6 is 22.9 Å². The molecule has 0 atom stereocenters. The van der Waals surface area contributed by atoms with Gasteiger partial charge in [0.1, 0.15) is 0 Å². The van der Waals surface area contributed by atoms with E-state index in [-0.39, 0.29) is 23.2 Å². The lowest BCUT2D eigenvalue weighted by Crippen LogP contribution is -2.12. The molecule has 0 saturated heterocycles. The van der Waals surface area contributed by atoms with E-state index in [2.05, 4.69) is 5.32 Å². The lowest BCUT2D eigenvalue weighted by molar-refractivity contribution is 0.0526. The number of hydrogen-bond donors (Lipinski definition) is 1. The van der Waals surface area contributed by atoms with Gasteiger partial charge in [-0.15, -0.1) is 11.3 Å². The minimum absolute atomic E-state index is 0.179. The summed E-state index contributed by atoms with van der Waals surface area (Å²) in [6.45, 7) is 1.97. The number of anilines is 1. The van der Waals surface area contributed by atoms with Crippen molar-refractivity contribution in [2.75, 3.05) is 11.9 Å². The monoisotopic (exact) mass is 461 g/mol. The number of nitrogens with one attached hydrogen (secondary N) is 1. The number of thiophene rings is 1. The van der Waals surface area contributed by atoms with Gasteiger partial charge in [0.05, 0.1) is 27.7 Å². The smallest absolute Gasteiger partial charge is 0.338 e. The number of esters is 1. The number of halogens is 1. The van der Waals surface area contributed by atoms with Crippen molar-refractivity contribution in [2.45, 2.75) is 17.6 Å². The minimum Gasteiger partial charge on any atom is -0.462 e. The van der Waals surface area contributed by atoms with Gasteiger partial charge in [-0.1, -0.05) is 23.7 Å². The van der Waals surface area contributed by atoms with Crippen LogP contribution in [-0.2, 0) is 20.3 Å². The van der Waals surface area contributed by atoms with Crippen molar-refractivity contribution in [1.29, 1.82) is 0 Å². The van der Waals surface area contributed by atoms with Gasteiger partial charge in [-0.3, -0.25) is 4.79 Å². The zero-order valence-corrected chi connectivity index (χ0v) is 18.2. The van der Waals surface area contributed by atoms with E-state index in [1.807, 2.05) is 0 Å². The van der Waals surface area contributed by atoms with Crippen LogP contribution in [-0.4, -0.2) is 26.9 Å². The van der Waals surface area contributed by atoms with Gasteiger partial charge in [0.2, 0.25) is 0 Å². The van der Waals surface area contributed by atoms with Crippen molar-refractivity contribution in [2.24, 2.45) is 0 Å². The third-order valence-corrected chi connectivity index (χ3v) is 7.68. The van der Waals surface area contributed by atoms with Crippen molar-refractivity contribution in [3.8, 4) is 10.4 Å². The number of carbonyl (C=O) groups is 2. The lowest BCUT2D eigenvalue weighted by Gasteiger charge is -2.16. The first-order valence-electron chi connectivity index (χ1n) is 9.02. The minimum atomic E-state index is -3.53. The predicted octanol–water partition coefficient (Wildman–Crippen LogP) is 4.78. The molecule has 4 rings (SSSR count). The lowest BCUT2D eigenvalue weighted by atomic mass is 10.1. The number of ether oxygens (including phenoxy) is 1. The Morgan fingerprint density at radius 3 is 2.73 bits per heavy atom. The first kappa shape index (κ1) is 20.6. The molecule has 1 aliphatic heterocycles. The molecule has 154 valence electrons. The highest BCUT2D eigenvalue weighted by atomic mass is 35.5. The van der Waals surface area contributed by atoms with Gasteiger partial charge in [-0.2, -0.15) is 0 Å². The summed E-state index contributed by atoms with van der Waals surface area (Å²) < 4.78 is 30.2. The Balaban J connectivity index is 1.64. The molecule has 0 aliphatic carbocycles. The average Bonchev–Trinajstić information content (AvgIpc) is 3.12. The summed E-state index contributed by atoms with van der Waals surface area (Å²) in [5.74, 6) is -1.04. The number of carbonyl (C=O) groups excluding carboxylic acids is 2. The first-order chi connectivity index (χ1) is 14.3. The van der Waals surface area contributed by atoms with E-state index in [1.54, 1.807) is 43.3 Å². The molecule has 3 aromatic rings. The predicted molar refractivity (Wildman–Crippen MR) is 116 cm³/mol. The van der Waals surface area contributed by atoms with Crippen LogP contribution in [0.5, 0.6) is 0 Å². The first-order valence-corrected chi connectivity index (χ1v) is 11.9. The molecule has 0 saturated carbocycles. The van der Waals surface area contributed by atoms with Crippen LogP contribution < -0.4 is 5.32 Å². The highest BCUT2D eigenvalue weighted by molar-refractivity contribution is 7.91. The second-order valence-corrected chi connectivity index (χ2v) is 10.1. The second-order valence-electron chi connectivity index (χ2n) is 6.62. The van der Waals surface area contributed by atoms with Crippen LogP contribution in [0.15, 0.2) is 53.4 Å².